The number of hydrogen-bond donors (Lipinski definition) is 1. The van der Waals surface area contributed by atoms with Gasteiger partial charge >= 0.3 is 0 Å². The summed E-state index contributed by atoms with van der Waals surface area (Å²) in [6.07, 6.45) is 16.8. The molecule has 0 bridgehead atoms. The first-order chi connectivity index (χ1) is 13.4. The molecule has 0 radical (unpaired) electrons. The SMILES string of the molecule is CCCCCCCCCCCCCCCCS(=O)(=O)Nc1ccc(F)cc1F.[Ti]. The summed E-state index contributed by atoms with van der Waals surface area (Å²) in [6, 6.07) is 2.81. The Hall–Kier alpha value is -0.456. The quantitative estimate of drug-likeness (QED) is 0.196. The number of unbranched alkanes of at least 4 members (excludes halogenated alkanes) is 13. The summed E-state index contributed by atoms with van der Waals surface area (Å²) in [5, 5.41) is 0. The van der Waals surface area contributed by atoms with Gasteiger partial charge in [-0.1, -0.05) is 90.4 Å². The Labute approximate surface area is 191 Å². The summed E-state index contributed by atoms with van der Waals surface area (Å²) in [4.78, 5) is 0. The molecule has 0 atom stereocenters. The van der Waals surface area contributed by atoms with Gasteiger partial charge in [-0.05, 0) is 18.6 Å². The fourth-order valence-corrected chi connectivity index (χ4v) is 4.46. The summed E-state index contributed by atoms with van der Waals surface area (Å²) in [6.45, 7) is 2.24. The molecule has 0 spiro atoms. The number of benzene rings is 1. The van der Waals surface area contributed by atoms with Gasteiger partial charge in [0.15, 0.2) is 0 Å². The fourth-order valence-electron chi connectivity index (χ4n) is 3.28. The van der Waals surface area contributed by atoms with Crippen molar-refractivity contribution in [2.24, 2.45) is 0 Å². The van der Waals surface area contributed by atoms with E-state index in [1.165, 1.54) is 64.2 Å². The van der Waals surface area contributed by atoms with Crippen molar-refractivity contribution in [1.29, 1.82) is 0 Å². The van der Waals surface area contributed by atoms with Crippen LogP contribution < -0.4 is 4.72 Å². The van der Waals surface area contributed by atoms with Crippen LogP contribution in [0.4, 0.5) is 14.5 Å². The second kappa shape index (κ2) is 17.2. The molecule has 1 rings (SSSR count). The molecule has 1 aromatic carbocycles. The molecule has 29 heavy (non-hydrogen) atoms. The Morgan fingerprint density at radius 2 is 1.21 bits per heavy atom. The van der Waals surface area contributed by atoms with Crippen LogP contribution in [0.15, 0.2) is 18.2 Å². The van der Waals surface area contributed by atoms with Crippen molar-refractivity contribution in [3.63, 3.8) is 0 Å². The molecule has 0 aliphatic rings. The second-order valence-corrected chi connectivity index (χ2v) is 9.48. The van der Waals surface area contributed by atoms with Crippen LogP contribution in [-0.4, -0.2) is 14.2 Å². The van der Waals surface area contributed by atoms with Gasteiger partial charge in [0.05, 0.1) is 11.4 Å². The van der Waals surface area contributed by atoms with Crippen molar-refractivity contribution in [1.82, 2.24) is 0 Å². The maximum atomic E-state index is 13.5. The Bertz CT molecular complexity index is 642. The molecule has 0 saturated heterocycles. The van der Waals surface area contributed by atoms with Gasteiger partial charge in [0.25, 0.3) is 0 Å². The summed E-state index contributed by atoms with van der Waals surface area (Å²) >= 11 is 0. The normalized spacial score (nSPS) is 11.3. The van der Waals surface area contributed by atoms with Crippen LogP contribution >= 0.6 is 0 Å². The van der Waals surface area contributed by atoms with E-state index in [9.17, 15) is 17.2 Å². The van der Waals surface area contributed by atoms with Crippen molar-refractivity contribution in [3.8, 4) is 0 Å². The van der Waals surface area contributed by atoms with E-state index in [2.05, 4.69) is 11.6 Å². The third kappa shape index (κ3) is 15.1. The molecule has 1 N–H and O–H groups in total. The average Bonchev–Trinajstić information content (AvgIpc) is 2.64. The van der Waals surface area contributed by atoms with E-state index in [1.54, 1.807) is 0 Å². The predicted octanol–water partition coefficient (Wildman–Crippen LogP) is 7.19. The molecule has 3 nitrogen and oxygen atoms in total. The van der Waals surface area contributed by atoms with E-state index >= 15 is 0 Å². The molecular weight excluding hydrogens is 428 g/mol. The van der Waals surface area contributed by atoms with Crippen LogP contribution in [0.25, 0.3) is 0 Å². The molecule has 0 heterocycles. The van der Waals surface area contributed by atoms with Crippen molar-refractivity contribution in [3.05, 3.63) is 29.8 Å². The smallest absolute Gasteiger partial charge is 0.232 e. The molecule has 166 valence electrons. The molecule has 0 saturated carbocycles. The van der Waals surface area contributed by atoms with Crippen molar-refractivity contribution in [2.75, 3.05) is 10.5 Å². The zero-order valence-corrected chi connectivity index (χ0v) is 20.2. The van der Waals surface area contributed by atoms with Crippen LogP contribution in [0.5, 0.6) is 0 Å². The Balaban J connectivity index is 0.00000784. The minimum atomic E-state index is -3.60. The zero-order valence-electron chi connectivity index (χ0n) is 17.8. The van der Waals surface area contributed by atoms with Gasteiger partial charge in [-0.3, -0.25) is 4.72 Å². The number of anilines is 1. The molecule has 0 fully saturated rings. The largest absolute Gasteiger partial charge is 0.281 e. The number of rotatable bonds is 17. The summed E-state index contributed by atoms with van der Waals surface area (Å²) in [5.41, 5.74) is -0.202. The number of nitrogens with one attached hydrogen (secondary N) is 1. The Morgan fingerprint density at radius 1 is 0.759 bits per heavy atom. The molecule has 1 aromatic rings. The molecule has 0 amide bonds. The van der Waals surface area contributed by atoms with Crippen molar-refractivity contribution >= 4 is 15.7 Å². The van der Waals surface area contributed by atoms with E-state index in [-0.39, 0.29) is 33.2 Å². The second-order valence-electron chi connectivity index (χ2n) is 7.64. The molecule has 7 heteroatoms. The fraction of sp³-hybridized carbons (Fsp3) is 0.727. The monoisotopic (exact) mass is 465 g/mol. The first kappa shape index (κ1) is 28.5. The first-order valence-corrected chi connectivity index (χ1v) is 12.6. The van der Waals surface area contributed by atoms with Crippen LogP contribution in [0.1, 0.15) is 96.8 Å². The van der Waals surface area contributed by atoms with Crippen LogP contribution in [-0.2, 0) is 31.7 Å². The van der Waals surface area contributed by atoms with Crippen LogP contribution in [0.2, 0.25) is 0 Å². The van der Waals surface area contributed by atoms with Crippen molar-refractivity contribution in [2.45, 2.75) is 96.8 Å². The molecular formula is C22H37F2NO2STi. The van der Waals surface area contributed by atoms with E-state index in [1.807, 2.05) is 0 Å². The van der Waals surface area contributed by atoms with Gasteiger partial charge in [0.2, 0.25) is 10.0 Å². The van der Waals surface area contributed by atoms with E-state index in [4.69, 9.17) is 0 Å². The van der Waals surface area contributed by atoms with Gasteiger partial charge in [0, 0.05) is 27.8 Å². The zero-order chi connectivity index (χ0) is 20.7. The van der Waals surface area contributed by atoms with Crippen molar-refractivity contribution < 1.29 is 38.9 Å². The predicted molar refractivity (Wildman–Crippen MR) is 114 cm³/mol. The van der Waals surface area contributed by atoms with Crippen LogP contribution in [0, 0.1) is 11.6 Å². The van der Waals surface area contributed by atoms with Gasteiger partial charge < -0.3 is 0 Å². The van der Waals surface area contributed by atoms with Crippen LogP contribution in [0.3, 0.4) is 0 Å². The minimum absolute atomic E-state index is 0. The summed E-state index contributed by atoms with van der Waals surface area (Å²) in [5.74, 6) is -1.67. The first-order valence-electron chi connectivity index (χ1n) is 10.9. The van der Waals surface area contributed by atoms with E-state index in [0.717, 1.165) is 31.4 Å². The third-order valence-electron chi connectivity index (χ3n) is 4.96. The van der Waals surface area contributed by atoms with Gasteiger partial charge in [-0.2, -0.15) is 0 Å². The summed E-state index contributed by atoms with van der Waals surface area (Å²) in [7, 11) is -3.60. The van der Waals surface area contributed by atoms with Gasteiger partial charge in [0.1, 0.15) is 11.6 Å². The maximum absolute atomic E-state index is 13.5. The summed E-state index contributed by atoms with van der Waals surface area (Å²) < 4.78 is 52.5. The Morgan fingerprint density at radius 3 is 1.66 bits per heavy atom. The number of hydrogen-bond acceptors (Lipinski definition) is 2. The van der Waals surface area contributed by atoms with Gasteiger partial charge in [-0.25, -0.2) is 17.2 Å². The molecule has 0 aliphatic heterocycles. The van der Waals surface area contributed by atoms with Gasteiger partial charge in [-0.15, -0.1) is 0 Å². The maximum Gasteiger partial charge on any atom is 0.232 e. The average molecular weight is 465 g/mol. The molecule has 0 aliphatic carbocycles. The standard InChI is InChI=1S/C22H37F2NO2S.Ti/c1-2-3-4-5-6-7-8-9-10-11-12-13-14-15-18-28(26,27)25-22-17-16-20(23)19-21(22)24;/h16-17,19,25H,2-15,18H2,1H3;. The Kier molecular flexibility index (Phi) is 17.0. The number of sulfonamides is 1. The minimum Gasteiger partial charge on any atom is -0.281 e. The molecule has 0 unspecified atom stereocenters. The van der Waals surface area contributed by atoms with E-state index < -0.39 is 21.7 Å². The van der Waals surface area contributed by atoms with E-state index in [0.29, 0.717) is 12.5 Å². The number of halogens is 2. The third-order valence-corrected chi connectivity index (χ3v) is 6.32. The topological polar surface area (TPSA) is 46.2 Å². The molecule has 0 aromatic heterocycles.